The molecule has 1 heterocycles. The summed E-state index contributed by atoms with van der Waals surface area (Å²) in [5.74, 6) is -0.275. The van der Waals surface area contributed by atoms with Gasteiger partial charge in [0.25, 0.3) is 5.91 Å². The number of benzene rings is 2. The molecule has 0 unspecified atom stereocenters. The van der Waals surface area contributed by atoms with E-state index in [1.165, 1.54) is 23.1 Å². The van der Waals surface area contributed by atoms with Gasteiger partial charge >= 0.3 is 0 Å². The molecule has 0 aliphatic carbocycles. The normalized spacial score (nSPS) is 10.3. The van der Waals surface area contributed by atoms with Crippen molar-refractivity contribution in [1.29, 1.82) is 0 Å². The molecule has 0 spiro atoms. The van der Waals surface area contributed by atoms with Crippen molar-refractivity contribution in [3.8, 4) is 0 Å². The average Bonchev–Trinajstić information content (AvgIpc) is 3.20. The minimum atomic E-state index is -0.241. The van der Waals surface area contributed by atoms with E-state index in [4.69, 9.17) is 0 Å². The molecule has 0 atom stereocenters. The zero-order chi connectivity index (χ0) is 19.8. The molecule has 2 amide bonds. The van der Waals surface area contributed by atoms with Crippen LogP contribution in [-0.2, 0) is 11.3 Å². The van der Waals surface area contributed by atoms with Crippen molar-refractivity contribution in [3.05, 3.63) is 65.7 Å². The summed E-state index contributed by atoms with van der Waals surface area (Å²) in [6.07, 6.45) is 0. The highest BCUT2D eigenvalue weighted by Gasteiger charge is 2.14. The first-order chi connectivity index (χ1) is 13.7. The fourth-order valence-electron chi connectivity index (χ4n) is 2.35. The summed E-state index contributed by atoms with van der Waals surface area (Å²) in [7, 11) is 1.77. The number of amides is 2. The molecule has 0 fully saturated rings. The van der Waals surface area contributed by atoms with Gasteiger partial charge in [-0.15, -0.1) is 10.2 Å². The van der Waals surface area contributed by atoms with Gasteiger partial charge in [0.2, 0.25) is 11.0 Å². The van der Waals surface area contributed by atoms with E-state index in [9.17, 15) is 9.59 Å². The lowest BCUT2D eigenvalue weighted by Gasteiger charge is -2.11. The first kappa shape index (κ1) is 19.8. The lowest BCUT2D eigenvalue weighted by molar-refractivity contribution is -0.113. The van der Waals surface area contributed by atoms with Crippen LogP contribution in [0.2, 0.25) is 0 Å². The number of thioether (sulfide) groups is 1. The second kappa shape index (κ2) is 9.86. The van der Waals surface area contributed by atoms with Crippen LogP contribution in [0.3, 0.4) is 0 Å². The Balaban J connectivity index is 1.57. The van der Waals surface area contributed by atoms with Crippen molar-refractivity contribution in [2.45, 2.75) is 10.9 Å². The number of nitrogens with zero attached hydrogens (tertiary/aromatic N) is 2. The molecule has 9 heteroatoms. The lowest BCUT2D eigenvalue weighted by atomic mass is 10.1. The number of aromatic nitrogens is 2. The second-order valence-electron chi connectivity index (χ2n) is 5.67. The smallest absolute Gasteiger partial charge is 0.253 e. The van der Waals surface area contributed by atoms with E-state index in [2.05, 4.69) is 26.1 Å². The van der Waals surface area contributed by atoms with Gasteiger partial charge in [-0.05, 0) is 17.7 Å². The first-order valence-corrected chi connectivity index (χ1v) is 10.3. The Morgan fingerprint density at radius 2 is 1.79 bits per heavy atom. The van der Waals surface area contributed by atoms with Crippen LogP contribution in [-0.4, -0.2) is 34.8 Å². The van der Waals surface area contributed by atoms with Gasteiger partial charge in [0, 0.05) is 13.6 Å². The molecule has 0 bridgehead atoms. The molecule has 0 aliphatic heterocycles. The minimum Gasteiger partial charge on any atom is -0.363 e. The van der Waals surface area contributed by atoms with Crippen LogP contribution in [0.1, 0.15) is 15.9 Å². The number of para-hydroxylation sites is 1. The third-order valence-electron chi connectivity index (χ3n) is 3.69. The molecule has 144 valence electrons. The number of nitrogens with one attached hydrogen (secondary N) is 3. The Morgan fingerprint density at radius 1 is 1.04 bits per heavy atom. The Bertz CT molecular complexity index is 946. The van der Waals surface area contributed by atoms with Crippen LogP contribution in [0, 0.1) is 0 Å². The molecule has 3 rings (SSSR count). The van der Waals surface area contributed by atoms with E-state index in [1.807, 2.05) is 30.3 Å². The zero-order valence-electron chi connectivity index (χ0n) is 15.1. The van der Waals surface area contributed by atoms with Gasteiger partial charge in [0.15, 0.2) is 4.34 Å². The summed E-state index contributed by atoms with van der Waals surface area (Å²) < 4.78 is 0.702. The van der Waals surface area contributed by atoms with Crippen LogP contribution in [0.5, 0.6) is 0 Å². The number of carbonyl (C=O) groups excluding carboxylic acids is 2. The van der Waals surface area contributed by atoms with Crippen LogP contribution in [0.4, 0.5) is 10.8 Å². The third kappa shape index (κ3) is 5.54. The summed E-state index contributed by atoms with van der Waals surface area (Å²) in [4.78, 5) is 24.8. The van der Waals surface area contributed by atoms with Crippen molar-refractivity contribution in [2.24, 2.45) is 0 Å². The molecule has 0 radical (unpaired) electrons. The summed E-state index contributed by atoms with van der Waals surface area (Å²) >= 11 is 2.68. The fraction of sp³-hybridized carbons (Fsp3) is 0.158. The van der Waals surface area contributed by atoms with Crippen LogP contribution < -0.4 is 16.0 Å². The molecule has 0 aliphatic rings. The van der Waals surface area contributed by atoms with Gasteiger partial charge in [-0.1, -0.05) is 65.6 Å². The quantitative estimate of drug-likeness (QED) is 0.491. The third-order valence-corrected chi connectivity index (χ3v) is 5.76. The molecule has 7 nitrogen and oxygen atoms in total. The summed E-state index contributed by atoms with van der Waals surface area (Å²) in [6.45, 7) is 0.419. The molecule has 28 heavy (non-hydrogen) atoms. The van der Waals surface area contributed by atoms with E-state index in [0.29, 0.717) is 27.3 Å². The van der Waals surface area contributed by atoms with Gasteiger partial charge in [0.05, 0.1) is 17.0 Å². The molecule has 0 saturated heterocycles. The Morgan fingerprint density at radius 3 is 2.54 bits per heavy atom. The highest BCUT2D eigenvalue weighted by molar-refractivity contribution is 8.01. The number of anilines is 2. The standard InChI is InChI=1S/C19H19N5O2S2/c1-20-18-23-24-19(28-18)27-12-16(25)22-15-10-6-5-9-14(15)17(26)21-11-13-7-3-2-4-8-13/h2-10H,11-12H2,1H3,(H,20,23)(H,21,26)(H,22,25). The molecule has 1 aromatic heterocycles. The molecular formula is C19H19N5O2S2. The maximum Gasteiger partial charge on any atom is 0.253 e. The Hall–Kier alpha value is -2.91. The van der Waals surface area contributed by atoms with Gasteiger partial charge in [-0.2, -0.15) is 0 Å². The van der Waals surface area contributed by atoms with E-state index in [0.717, 1.165) is 5.56 Å². The minimum absolute atomic E-state index is 0.179. The topological polar surface area (TPSA) is 96.0 Å². The van der Waals surface area contributed by atoms with Gasteiger partial charge in [0.1, 0.15) is 0 Å². The van der Waals surface area contributed by atoms with E-state index < -0.39 is 0 Å². The van der Waals surface area contributed by atoms with Gasteiger partial charge < -0.3 is 16.0 Å². The Labute approximate surface area is 171 Å². The molecule has 3 N–H and O–H groups in total. The first-order valence-electron chi connectivity index (χ1n) is 8.51. The van der Waals surface area contributed by atoms with Gasteiger partial charge in [-0.25, -0.2) is 0 Å². The SMILES string of the molecule is CNc1nnc(SCC(=O)Nc2ccccc2C(=O)NCc2ccccc2)s1. The number of rotatable bonds is 8. The van der Waals surface area contributed by atoms with E-state index >= 15 is 0 Å². The fourth-order valence-corrected chi connectivity index (χ4v) is 3.85. The predicted octanol–water partition coefficient (Wildman–Crippen LogP) is 3.24. The number of hydrogen-bond acceptors (Lipinski definition) is 7. The molecular weight excluding hydrogens is 394 g/mol. The maximum atomic E-state index is 12.5. The largest absolute Gasteiger partial charge is 0.363 e. The lowest BCUT2D eigenvalue weighted by Crippen LogP contribution is -2.25. The van der Waals surface area contributed by atoms with Crippen molar-refractivity contribution < 1.29 is 9.59 Å². The summed E-state index contributed by atoms with van der Waals surface area (Å²) in [5, 5.41) is 17.2. The van der Waals surface area contributed by atoms with Crippen molar-refractivity contribution in [1.82, 2.24) is 15.5 Å². The maximum absolute atomic E-state index is 12.5. The van der Waals surface area contributed by atoms with Gasteiger partial charge in [-0.3, -0.25) is 9.59 Å². The van der Waals surface area contributed by atoms with E-state index in [1.54, 1.807) is 31.3 Å². The molecule has 0 saturated carbocycles. The predicted molar refractivity (Wildman–Crippen MR) is 113 cm³/mol. The van der Waals surface area contributed by atoms with Crippen molar-refractivity contribution >= 4 is 45.7 Å². The van der Waals surface area contributed by atoms with Crippen molar-refractivity contribution in [3.63, 3.8) is 0 Å². The molecule has 3 aromatic rings. The average molecular weight is 414 g/mol. The Kier molecular flexibility index (Phi) is 6.99. The summed E-state index contributed by atoms with van der Waals surface area (Å²) in [6, 6.07) is 16.6. The number of carbonyl (C=O) groups is 2. The van der Waals surface area contributed by atoms with Crippen molar-refractivity contribution in [2.75, 3.05) is 23.4 Å². The second-order valence-corrected chi connectivity index (χ2v) is 7.87. The summed E-state index contributed by atoms with van der Waals surface area (Å²) in [5.41, 5.74) is 1.91. The zero-order valence-corrected chi connectivity index (χ0v) is 16.8. The van der Waals surface area contributed by atoms with Crippen LogP contribution >= 0.6 is 23.1 Å². The number of hydrogen-bond donors (Lipinski definition) is 3. The highest BCUT2D eigenvalue weighted by atomic mass is 32.2. The highest BCUT2D eigenvalue weighted by Crippen LogP contribution is 2.25. The van der Waals surface area contributed by atoms with Crippen LogP contribution in [0.25, 0.3) is 0 Å². The van der Waals surface area contributed by atoms with Crippen LogP contribution in [0.15, 0.2) is 58.9 Å². The van der Waals surface area contributed by atoms with E-state index in [-0.39, 0.29) is 17.6 Å². The monoisotopic (exact) mass is 413 g/mol. The molecule has 2 aromatic carbocycles.